The van der Waals surface area contributed by atoms with Gasteiger partial charge in [0.2, 0.25) is 5.91 Å². The third-order valence-electron chi connectivity index (χ3n) is 4.26. The second kappa shape index (κ2) is 8.77. The molecule has 0 bridgehead atoms. The van der Waals surface area contributed by atoms with Crippen LogP contribution in [0.1, 0.15) is 32.0 Å². The van der Waals surface area contributed by atoms with E-state index in [0.29, 0.717) is 11.4 Å². The largest absolute Gasteiger partial charge is 0.491 e. The molecule has 0 saturated heterocycles. The molecule has 156 valence electrons. The van der Waals surface area contributed by atoms with Crippen LogP contribution >= 0.6 is 0 Å². The number of nitrogens with one attached hydrogen (secondary N) is 1. The van der Waals surface area contributed by atoms with Crippen LogP contribution in [0.4, 0.5) is 5.69 Å². The average Bonchev–Trinajstić information content (AvgIpc) is 2.68. The predicted octanol–water partition coefficient (Wildman–Crippen LogP) is 2.50. The first kappa shape index (κ1) is 21.0. The molecule has 0 unspecified atom stereocenters. The van der Waals surface area contributed by atoms with Crippen molar-refractivity contribution < 1.29 is 9.53 Å². The van der Waals surface area contributed by atoms with Gasteiger partial charge < -0.3 is 10.1 Å². The standard InChI is InChI=1S/C22H24N4O4/c1-14(2)30-20-10-8-17(9-11-20)13-25-21(28)15(3)24-26(22(25)29)19-7-5-6-18(12-19)23-16(4)27/h5-12,14H,13H2,1-4H3,(H,23,27). The molecule has 1 amide bonds. The zero-order chi connectivity index (χ0) is 21.8. The third kappa shape index (κ3) is 4.83. The number of hydrogen-bond acceptors (Lipinski definition) is 5. The zero-order valence-electron chi connectivity index (χ0n) is 17.4. The van der Waals surface area contributed by atoms with Crippen molar-refractivity contribution in [1.82, 2.24) is 14.3 Å². The lowest BCUT2D eigenvalue weighted by molar-refractivity contribution is -0.114. The van der Waals surface area contributed by atoms with Crippen LogP contribution in [0.5, 0.6) is 5.75 Å². The van der Waals surface area contributed by atoms with Crippen LogP contribution in [0.25, 0.3) is 5.69 Å². The van der Waals surface area contributed by atoms with Gasteiger partial charge in [0, 0.05) is 12.6 Å². The minimum absolute atomic E-state index is 0.0572. The third-order valence-corrected chi connectivity index (χ3v) is 4.26. The molecule has 0 fully saturated rings. The Hall–Kier alpha value is -3.68. The Morgan fingerprint density at radius 3 is 2.47 bits per heavy atom. The molecule has 0 aliphatic heterocycles. The van der Waals surface area contributed by atoms with Gasteiger partial charge >= 0.3 is 5.69 Å². The maximum atomic E-state index is 13.0. The molecule has 0 radical (unpaired) electrons. The minimum Gasteiger partial charge on any atom is -0.491 e. The van der Waals surface area contributed by atoms with E-state index < -0.39 is 11.2 Å². The molecule has 1 aromatic heterocycles. The molecular formula is C22H24N4O4. The minimum atomic E-state index is -0.562. The van der Waals surface area contributed by atoms with Crippen molar-refractivity contribution in [2.75, 3.05) is 5.32 Å². The Kier molecular flexibility index (Phi) is 6.15. The Morgan fingerprint density at radius 2 is 1.83 bits per heavy atom. The normalized spacial score (nSPS) is 10.8. The van der Waals surface area contributed by atoms with E-state index in [1.165, 1.54) is 6.92 Å². The van der Waals surface area contributed by atoms with E-state index in [2.05, 4.69) is 10.4 Å². The highest BCUT2D eigenvalue weighted by molar-refractivity contribution is 5.88. The van der Waals surface area contributed by atoms with E-state index in [4.69, 9.17) is 4.74 Å². The zero-order valence-corrected chi connectivity index (χ0v) is 17.4. The van der Waals surface area contributed by atoms with Crippen molar-refractivity contribution in [1.29, 1.82) is 0 Å². The first-order valence-corrected chi connectivity index (χ1v) is 9.59. The summed E-state index contributed by atoms with van der Waals surface area (Å²) in [4.78, 5) is 37.0. The second-order valence-electron chi connectivity index (χ2n) is 7.21. The van der Waals surface area contributed by atoms with Gasteiger partial charge in [0.1, 0.15) is 11.4 Å². The van der Waals surface area contributed by atoms with Crippen molar-refractivity contribution in [2.24, 2.45) is 0 Å². The highest BCUT2D eigenvalue weighted by atomic mass is 16.5. The van der Waals surface area contributed by atoms with Gasteiger partial charge in [-0.15, -0.1) is 0 Å². The van der Waals surface area contributed by atoms with Crippen LogP contribution in [0.2, 0.25) is 0 Å². The van der Waals surface area contributed by atoms with Crippen molar-refractivity contribution in [3.8, 4) is 11.4 Å². The number of anilines is 1. The number of rotatable bonds is 6. The van der Waals surface area contributed by atoms with Crippen LogP contribution in [-0.4, -0.2) is 26.4 Å². The van der Waals surface area contributed by atoms with Gasteiger partial charge in [-0.05, 0) is 56.7 Å². The average molecular weight is 408 g/mol. The lowest BCUT2D eigenvalue weighted by Gasteiger charge is -2.13. The smallest absolute Gasteiger partial charge is 0.352 e. The van der Waals surface area contributed by atoms with Gasteiger partial charge in [-0.25, -0.2) is 4.79 Å². The number of aryl methyl sites for hydroxylation is 1. The molecule has 2 aromatic carbocycles. The van der Waals surface area contributed by atoms with Crippen LogP contribution < -0.4 is 21.3 Å². The van der Waals surface area contributed by atoms with Crippen molar-refractivity contribution >= 4 is 11.6 Å². The topological polar surface area (TPSA) is 95.2 Å². The van der Waals surface area contributed by atoms with Crippen molar-refractivity contribution in [3.05, 3.63) is 80.6 Å². The summed E-state index contributed by atoms with van der Waals surface area (Å²) in [5.41, 5.74) is 0.951. The summed E-state index contributed by atoms with van der Waals surface area (Å²) in [5.74, 6) is 0.498. The molecule has 3 rings (SSSR count). The summed E-state index contributed by atoms with van der Waals surface area (Å²) in [5, 5.41) is 6.82. The van der Waals surface area contributed by atoms with E-state index in [1.54, 1.807) is 31.2 Å². The monoisotopic (exact) mass is 408 g/mol. The number of ether oxygens (including phenoxy) is 1. The number of benzene rings is 2. The van der Waals surface area contributed by atoms with Crippen LogP contribution in [-0.2, 0) is 11.3 Å². The highest BCUT2D eigenvalue weighted by Gasteiger charge is 2.13. The quantitative estimate of drug-likeness (QED) is 0.676. The van der Waals surface area contributed by atoms with Gasteiger partial charge in [0.15, 0.2) is 0 Å². The molecule has 0 aliphatic carbocycles. The number of hydrogen-bond donors (Lipinski definition) is 1. The van der Waals surface area contributed by atoms with Gasteiger partial charge in [-0.1, -0.05) is 18.2 Å². The Bertz CT molecular complexity index is 1180. The molecule has 30 heavy (non-hydrogen) atoms. The molecule has 0 atom stereocenters. The molecular weight excluding hydrogens is 384 g/mol. The van der Waals surface area contributed by atoms with E-state index >= 15 is 0 Å². The fraction of sp³-hybridized carbons (Fsp3) is 0.273. The lowest BCUT2D eigenvalue weighted by Crippen LogP contribution is -2.42. The van der Waals surface area contributed by atoms with Gasteiger partial charge in [-0.2, -0.15) is 9.78 Å². The number of amides is 1. The van der Waals surface area contributed by atoms with E-state index in [-0.39, 0.29) is 24.2 Å². The van der Waals surface area contributed by atoms with Gasteiger partial charge in [0.05, 0.1) is 18.3 Å². The van der Waals surface area contributed by atoms with Crippen LogP contribution in [0.3, 0.4) is 0 Å². The Labute approximate surface area is 173 Å². The first-order chi connectivity index (χ1) is 14.2. The molecule has 1 heterocycles. The maximum Gasteiger partial charge on any atom is 0.352 e. The van der Waals surface area contributed by atoms with Gasteiger partial charge in [-0.3, -0.25) is 14.2 Å². The molecule has 8 nitrogen and oxygen atoms in total. The maximum absolute atomic E-state index is 13.0. The summed E-state index contributed by atoms with van der Waals surface area (Å²) in [6.45, 7) is 6.95. The van der Waals surface area contributed by atoms with E-state index in [0.717, 1.165) is 20.6 Å². The van der Waals surface area contributed by atoms with Crippen LogP contribution in [0, 0.1) is 6.92 Å². The summed E-state index contributed by atoms with van der Waals surface area (Å²) < 4.78 is 7.94. The second-order valence-corrected chi connectivity index (χ2v) is 7.21. The van der Waals surface area contributed by atoms with Crippen molar-refractivity contribution in [2.45, 2.75) is 40.3 Å². The number of carbonyl (C=O) groups is 1. The fourth-order valence-electron chi connectivity index (χ4n) is 2.99. The molecule has 3 aromatic rings. The molecule has 0 aliphatic rings. The summed E-state index contributed by atoms with van der Waals surface area (Å²) in [7, 11) is 0. The molecule has 0 saturated carbocycles. The Balaban J connectivity index is 1.99. The van der Waals surface area contributed by atoms with Crippen molar-refractivity contribution in [3.63, 3.8) is 0 Å². The fourth-order valence-corrected chi connectivity index (χ4v) is 2.99. The Morgan fingerprint density at radius 1 is 1.13 bits per heavy atom. The van der Waals surface area contributed by atoms with E-state index in [9.17, 15) is 14.4 Å². The summed E-state index contributed by atoms with van der Waals surface area (Å²) in [6.07, 6.45) is 0.0572. The highest BCUT2D eigenvalue weighted by Crippen LogP contribution is 2.15. The SMILES string of the molecule is CC(=O)Nc1cccc(-n2nc(C)c(=O)n(Cc3ccc(OC(C)C)cc3)c2=O)c1. The number of nitrogens with zero attached hydrogens (tertiary/aromatic N) is 3. The molecule has 0 spiro atoms. The first-order valence-electron chi connectivity index (χ1n) is 9.59. The van der Waals surface area contributed by atoms with Gasteiger partial charge in [0.25, 0.3) is 5.56 Å². The van der Waals surface area contributed by atoms with Crippen LogP contribution in [0.15, 0.2) is 58.1 Å². The molecule has 1 N–H and O–H groups in total. The number of carbonyl (C=O) groups excluding carboxylic acids is 1. The lowest BCUT2D eigenvalue weighted by atomic mass is 10.2. The summed E-state index contributed by atoms with van der Waals surface area (Å²) >= 11 is 0. The van der Waals surface area contributed by atoms with E-state index in [1.807, 2.05) is 38.1 Å². The predicted molar refractivity (Wildman–Crippen MR) is 114 cm³/mol. The number of aromatic nitrogens is 3. The molecule has 8 heteroatoms. The summed E-state index contributed by atoms with van der Waals surface area (Å²) in [6, 6.07) is 14.0.